The van der Waals surface area contributed by atoms with Gasteiger partial charge in [0.1, 0.15) is 10.9 Å². The number of amidine groups is 1. The van der Waals surface area contributed by atoms with E-state index in [-0.39, 0.29) is 5.84 Å². The Morgan fingerprint density at radius 1 is 1.40 bits per heavy atom. The van der Waals surface area contributed by atoms with Crippen LogP contribution in [-0.4, -0.2) is 15.8 Å². The van der Waals surface area contributed by atoms with Crippen LogP contribution in [0.5, 0.6) is 0 Å². The molecule has 0 spiro atoms. The molecule has 6 heteroatoms. The van der Waals surface area contributed by atoms with Crippen molar-refractivity contribution in [2.75, 3.05) is 0 Å². The topological polar surface area (TPSA) is 75.7 Å². The summed E-state index contributed by atoms with van der Waals surface area (Å²) in [6, 6.07) is 3.50. The van der Waals surface area contributed by atoms with Crippen molar-refractivity contribution in [3.63, 3.8) is 0 Å². The smallest absolute Gasteiger partial charge is 0.156 e. The van der Waals surface area contributed by atoms with Crippen LogP contribution < -0.4 is 5.73 Å². The molecule has 0 fully saturated rings. The van der Waals surface area contributed by atoms with Crippen molar-refractivity contribution in [3.05, 3.63) is 35.5 Å². The zero-order valence-electron chi connectivity index (χ0n) is 7.68. The normalized spacial score (nSPS) is 10.1. The van der Waals surface area contributed by atoms with Gasteiger partial charge >= 0.3 is 0 Å². The van der Waals surface area contributed by atoms with E-state index in [0.717, 1.165) is 9.37 Å². The first-order valence-corrected chi connectivity index (χ1v) is 5.83. The molecule has 0 aliphatic heterocycles. The van der Waals surface area contributed by atoms with Crippen molar-refractivity contribution < 1.29 is 0 Å². The highest BCUT2D eigenvalue weighted by Gasteiger charge is 2.03. The lowest BCUT2D eigenvalue weighted by Crippen LogP contribution is -2.10. The summed E-state index contributed by atoms with van der Waals surface area (Å²) < 4.78 is 0.934. The zero-order valence-corrected chi connectivity index (χ0v) is 9.31. The quantitative estimate of drug-likeness (QED) is 0.631. The molecule has 2 aromatic rings. The molecule has 3 N–H and O–H groups in total. The van der Waals surface area contributed by atoms with Crippen LogP contribution in [0.2, 0.25) is 0 Å². The van der Waals surface area contributed by atoms with Crippen LogP contribution in [0.3, 0.4) is 0 Å². The molecular weight excluding hydrogens is 228 g/mol. The third-order valence-electron chi connectivity index (χ3n) is 1.65. The largest absolute Gasteiger partial charge is 0.384 e. The molecule has 4 nitrogen and oxygen atoms in total. The third-order valence-corrected chi connectivity index (χ3v) is 3.46. The molecule has 0 aliphatic carbocycles. The van der Waals surface area contributed by atoms with E-state index in [1.807, 2.05) is 5.38 Å². The van der Waals surface area contributed by atoms with Crippen molar-refractivity contribution in [1.82, 2.24) is 9.97 Å². The predicted octanol–water partition coefficient (Wildman–Crippen LogP) is 1.97. The average Bonchev–Trinajstić information content (AvgIpc) is 2.71. The van der Waals surface area contributed by atoms with Gasteiger partial charge in [0.05, 0.1) is 0 Å². The van der Waals surface area contributed by atoms with Gasteiger partial charge < -0.3 is 5.73 Å². The molecule has 0 aliphatic rings. The minimum Gasteiger partial charge on any atom is -0.384 e. The van der Waals surface area contributed by atoms with Crippen molar-refractivity contribution in [2.24, 2.45) is 5.73 Å². The van der Waals surface area contributed by atoms with Crippen LogP contribution >= 0.6 is 23.1 Å². The number of nitrogen functional groups attached to an aromatic ring is 1. The van der Waals surface area contributed by atoms with E-state index in [9.17, 15) is 0 Å². The van der Waals surface area contributed by atoms with Crippen molar-refractivity contribution in [1.29, 1.82) is 5.41 Å². The summed E-state index contributed by atoms with van der Waals surface area (Å²) >= 11 is 3.03. The fourth-order valence-corrected chi connectivity index (χ4v) is 2.55. The van der Waals surface area contributed by atoms with Gasteiger partial charge in [-0.15, -0.1) is 11.3 Å². The van der Waals surface area contributed by atoms with Crippen LogP contribution in [0.4, 0.5) is 0 Å². The maximum atomic E-state index is 7.31. The fraction of sp³-hybridized carbons (Fsp3) is 0. The van der Waals surface area contributed by atoms with Gasteiger partial charge in [0, 0.05) is 23.3 Å². The second-order valence-electron chi connectivity index (χ2n) is 2.70. The number of aromatic nitrogens is 2. The predicted molar refractivity (Wildman–Crippen MR) is 61.5 cm³/mol. The first-order valence-electron chi connectivity index (χ1n) is 4.13. The summed E-state index contributed by atoms with van der Waals surface area (Å²) in [5, 5.41) is 10.0. The highest BCUT2D eigenvalue weighted by molar-refractivity contribution is 8.00. The van der Waals surface area contributed by atoms with Gasteiger partial charge in [-0.25, -0.2) is 9.97 Å². The molecule has 0 aromatic carbocycles. The van der Waals surface area contributed by atoms with Crippen LogP contribution in [0.1, 0.15) is 5.56 Å². The molecule has 0 unspecified atom stereocenters. The van der Waals surface area contributed by atoms with Gasteiger partial charge in [0.25, 0.3) is 0 Å². The Kier molecular flexibility index (Phi) is 2.98. The monoisotopic (exact) mass is 236 g/mol. The van der Waals surface area contributed by atoms with Crippen LogP contribution in [0.15, 0.2) is 39.3 Å². The Hall–Kier alpha value is -1.40. The standard InChI is InChI=1S/C9H8N4S2/c10-8(11)6-1-2-12-7(5-6)15-9-13-3-4-14-9/h1-5H,(H3,10,11). The molecule has 2 heterocycles. The minimum absolute atomic E-state index is 0.0541. The van der Waals surface area contributed by atoms with Crippen molar-refractivity contribution >= 4 is 28.9 Å². The molecular formula is C9H8N4S2. The van der Waals surface area contributed by atoms with E-state index in [2.05, 4.69) is 9.97 Å². The summed E-state index contributed by atoms with van der Waals surface area (Å²) in [6.45, 7) is 0. The lowest BCUT2D eigenvalue weighted by molar-refractivity contribution is 1.12. The van der Waals surface area contributed by atoms with E-state index in [0.29, 0.717) is 5.56 Å². The van der Waals surface area contributed by atoms with Crippen molar-refractivity contribution in [2.45, 2.75) is 9.37 Å². The highest BCUT2D eigenvalue weighted by atomic mass is 32.2. The molecule has 0 bridgehead atoms. The van der Waals surface area contributed by atoms with Gasteiger partial charge in [-0.05, 0) is 23.9 Å². The number of hydrogen-bond donors (Lipinski definition) is 2. The van der Waals surface area contributed by atoms with E-state index in [1.54, 1.807) is 35.9 Å². The minimum atomic E-state index is 0.0541. The Bertz CT molecular complexity index is 467. The Morgan fingerprint density at radius 3 is 2.93 bits per heavy atom. The second kappa shape index (κ2) is 4.41. The Morgan fingerprint density at radius 2 is 2.27 bits per heavy atom. The molecule has 2 aromatic heterocycles. The average molecular weight is 236 g/mol. The number of nitrogens with one attached hydrogen (secondary N) is 1. The maximum Gasteiger partial charge on any atom is 0.156 e. The van der Waals surface area contributed by atoms with Gasteiger partial charge in [-0.2, -0.15) is 0 Å². The molecule has 0 saturated heterocycles. The first kappa shape index (κ1) is 10.1. The lowest BCUT2D eigenvalue weighted by Gasteiger charge is -2.00. The summed E-state index contributed by atoms with van der Waals surface area (Å²) in [5.74, 6) is 0.0541. The summed E-state index contributed by atoms with van der Waals surface area (Å²) in [6.07, 6.45) is 3.40. The molecule has 0 amide bonds. The van der Waals surface area contributed by atoms with Crippen LogP contribution in [-0.2, 0) is 0 Å². The fourth-order valence-electron chi connectivity index (χ4n) is 0.983. The van der Waals surface area contributed by atoms with Gasteiger partial charge in [-0.1, -0.05) is 0 Å². The summed E-state index contributed by atoms with van der Waals surface area (Å²) in [5.41, 5.74) is 6.07. The molecule has 0 saturated carbocycles. The number of hydrogen-bond acceptors (Lipinski definition) is 5. The molecule has 0 radical (unpaired) electrons. The number of rotatable bonds is 3. The summed E-state index contributed by atoms with van der Waals surface area (Å²) in [4.78, 5) is 8.32. The van der Waals surface area contributed by atoms with Crippen LogP contribution in [0, 0.1) is 5.41 Å². The SMILES string of the molecule is N=C(N)c1ccnc(Sc2nccs2)c1. The van der Waals surface area contributed by atoms with E-state index < -0.39 is 0 Å². The zero-order chi connectivity index (χ0) is 10.7. The van der Waals surface area contributed by atoms with Crippen molar-refractivity contribution in [3.8, 4) is 0 Å². The molecule has 0 atom stereocenters. The van der Waals surface area contributed by atoms with E-state index >= 15 is 0 Å². The highest BCUT2D eigenvalue weighted by Crippen LogP contribution is 2.27. The Balaban J connectivity index is 2.22. The number of nitrogens with two attached hydrogens (primary N) is 1. The maximum absolute atomic E-state index is 7.31. The first-order chi connectivity index (χ1) is 7.25. The van der Waals surface area contributed by atoms with E-state index in [4.69, 9.17) is 11.1 Å². The number of nitrogens with zero attached hydrogens (tertiary/aromatic N) is 2. The molecule has 76 valence electrons. The third kappa shape index (κ3) is 2.54. The molecule has 2 rings (SSSR count). The van der Waals surface area contributed by atoms with Gasteiger partial charge in [0.2, 0.25) is 0 Å². The van der Waals surface area contributed by atoms with Crippen LogP contribution in [0.25, 0.3) is 0 Å². The van der Waals surface area contributed by atoms with Gasteiger partial charge in [-0.3, -0.25) is 5.41 Å². The second-order valence-corrected chi connectivity index (χ2v) is 4.86. The van der Waals surface area contributed by atoms with Gasteiger partial charge in [0.15, 0.2) is 4.34 Å². The lowest BCUT2D eigenvalue weighted by atomic mass is 10.2. The Labute approximate surface area is 95.1 Å². The number of thiazole rings is 1. The summed E-state index contributed by atoms with van der Waals surface area (Å²) in [7, 11) is 0. The van der Waals surface area contributed by atoms with E-state index in [1.165, 1.54) is 11.8 Å². The molecule has 15 heavy (non-hydrogen) atoms. The number of pyridine rings is 1.